The first-order valence-corrected chi connectivity index (χ1v) is 4.41. The van der Waals surface area contributed by atoms with Crippen LogP contribution in [-0.4, -0.2) is 36.7 Å². The van der Waals surface area contributed by atoms with Gasteiger partial charge in [0, 0.05) is 26.0 Å². The highest BCUT2D eigenvalue weighted by Gasteiger charge is 2.03. The van der Waals surface area contributed by atoms with E-state index in [1.54, 1.807) is 0 Å². The minimum absolute atomic E-state index is 0.797. The minimum atomic E-state index is 0.797. The summed E-state index contributed by atoms with van der Waals surface area (Å²) in [6.07, 6.45) is 6.41. The van der Waals surface area contributed by atoms with Gasteiger partial charge < -0.3 is 15.6 Å². The van der Waals surface area contributed by atoms with Crippen LogP contribution in [0.5, 0.6) is 0 Å². The first-order valence-electron chi connectivity index (χ1n) is 4.41. The van der Waals surface area contributed by atoms with Crippen LogP contribution in [0.15, 0.2) is 12.4 Å². The Balaban J connectivity index is 2.13. The Kier molecular flexibility index (Phi) is 3.90. The highest BCUT2D eigenvalue weighted by Crippen LogP contribution is 1.98. The predicted molar refractivity (Wildman–Crippen MR) is 49.9 cm³/mol. The van der Waals surface area contributed by atoms with Crippen LogP contribution < -0.4 is 11.2 Å². The maximum Gasteiger partial charge on any atom is 0.0851 e. The summed E-state index contributed by atoms with van der Waals surface area (Å²) in [4.78, 5) is 2.25. The molecule has 4 heteroatoms. The van der Waals surface area contributed by atoms with Gasteiger partial charge >= 0.3 is 0 Å². The second kappa shape index (κ2) is 5.00. The van der Waals surface area contributed by atoms with Crippen molar-refractivity contribution in [1.82, 2.24) is 15.3 Å². The van der Waals surface area contributed by atoms with Crippen molar-refractivity contribution < 1.29 is 0 Å². The quantitative estimate of drug-likeness (QED) is 0.579. The van der Waals surface area contributed by atoms with Crippen molar-refractivity contribution in [2.24, 2.45) is 5.73 Å². The van der Waals surface area contributed by atoms with E-state index in [2.05, 4.69) is 16.5 Å². The van der Waals surface area contributed by atoms with Gasteiger partial charge in [-0.05, 0) is 19.4 Å². The van der Waals surface area contributed by atoms with E-state index in [9.17, 15) is 0 Å². The smallest absolute Gasteiger partial charge is 0.0851 e. The summed E-state index contributed by atoms with van der Waals surface area (Å²) in [6, 6.07) is 0. The van der Waals surface area contributed by atoms with Crippen LogP contribution in [0.3, 0.4) is 0 Å². The molecule has 0 saturated heterocycles. The lowest BCUT2D eigenvalue weighted by atomic mass is 10.3. The number of unbranched alkanes of at least 4 members (excludes halogenated alkanes) is 1. The zero-order valence-corrected chi connectivity index (χ0v) is 7.66. The Morgan fingerprint density at radius 3 is 2.83 bits per heavy atom. The Morgan fingerprint density at radius 1 is 1.42 bits per heavy atom. The molecule has 3 N–H and O–H groups in total. The number of nitrogens with zero attached hydrogens (tertiary/aromatic N) is 2. The predicted octanol–water partition coefficient (Wildman–Crippen LogP) is -0.0940. The molecular weight excluding hydrogens is 152 g/mol. The number of hydrazine groups is 1. The molecule has 1 rings (SSSR count). The van der Waals surface area contributed by atoms with E-state index in [1.807, 2.05) is 18.3 Å². The molecule has 0 aliphatic carbocycles. The molecule has 0 bridgehead atoms. The Hall–Kier alpha value is -0.740. The van der Waals surface area contributed by atoms with Crippen LogP contribution in [0.2, 0.25) is 0 Å². The average molecular weight is 170 g/mol. The normalized spacial score (nSPS) is 17.2. The molecule has 0 atom stereocenters. The summed E-state index contributed by atoms with van der Waals surface area (Å²) in [6.45, 7) is 2.79. The van der Waals surface area contributed by atoms with Crippen molar-refractivity contribution in [3.05, 3.63) is 12.4 Å². The van der Waals surface area contributed by atoms with Gasteiger partial charge in [-0.2, -0.15) is 0 Å². The second-order valence-electron chi connectivity index (χ2n) is 3.03. The first kappa shape index (κ1) is 9.35. The molecule has 0 spiro atoms. The van der Waals surface area contributed by atoms with Gasteiger partial charge in [0.25, 0.3) is 0 Å². The van der Waals surface area contributed by atoms with E-state index in [0.717, 1.165) is 26.2 Å². The van der Waals surface area contributed by atoms with Crippen LogP contribution in [0, 0.1) is 0 Å². The standard InChI is InChI=1S/C8H18N4/c1-11-6-7-12(8-10-11)5-3-2-4-9/h6-7,10H,2-5,8-9H2,1H3. The van der Waals surface area contributed by atoms with Gasteiger partial charge in [0.2, 0.25) is 0 Å². The van der Waals surface area contributed by atoms with Crippen LogP contribution in [0.1, 0.15) is 12.8 Å². The molecule has 0 aromatic rings. The van der Waals surface area contributed by atoms with Gasteiger partial charge in [-0.15, -0.1) is 0 Å². The fraction of sp³-hybridized carbons (Fsp3) is 0.750. The van der Waals surface area contributed by atoms with Crippen molar-refractivity contribution in [2.45, 2.75) is 12.8 Å². The van der Waals surface area contributed by atoms with E-state index in [0.29, 0.717) is 0 Å². The van der Waals surface area contributed by atoms with E-state index < -0.39 is 0 Å². The van der Waals surface area contributed by atoms with E-state index >= 15 is 0 Å². The molecule has 0 saturated carbocycles. The molecule has 1 heterocycles. The third kappa shape index (κ3) is 3.11. The molecule has 0 aromatic carbocycles. The molecule has 70 valence electrons. The molecule has 0 aromatic heterocycles. The van der Waals surface area contributed by atoms with E-state index in [4.69, 9.17) is 5.73 Å². The summed E-state index contributed by atoms with van der Waals surface area (Å²) in [5, 5.41) is 1.96. The van der Waals surface area contributed by atoms with Crippen LogP contribution in [-0.2, 0) is 0 Å². The largest absolute Gasteiger partial charge is 0.362 e. The van der Waals surface area contributed by atoms with Gasteiger partial charge in [-0.25, -0.2) is 5.43 Å². The molecule has 0 unspecified atom stereocenters. The molecule has 0 radical (unpaired) electrons. The molecule has 4 nitrogen and oxygen atoms in total. The van der Waals surface area contributed by atoms with Gasteiger partial charge in [0.15, 0.2) is 0 Å². The van der Waals surface area contributed by atoms with Crippen LogP contribution >= 0.6 is 0 Å². The monoisotopic (exact) mass is 170 g/mol. The molecule has 1 aliphatic heterocycles. The van der Waals surface area contributed by atoms with Crippen molar-refractivity contribution in [3.63, 3.8) is 0 Å². The first-order chi connectivity index (χ1) is 5.83. The fourth-order valence-corrected chi connectivity index (χ4v) is 1.11. The summed E-state index contributed by atoms with van der Waals surface area (Å²) >= 11 is 0. The second-order valence-corrected chi connectivity index (χ2v) is 3.03. The van der Waals surface area contributed by atoms with Crippen molar-refractivity contribution in [3.8, 4) is 0 Å². The zero-order chi connectivity index (χ0) is 8.81. The van der Waals surface area contributed by atoms with E-state index in [1.165, 1.54) is 6.42 Å². The molecule has 0 fully saturated rings. The fourth-order valence-electron chi connectivity index (χ4n) is 1.11. The highest BCUT2D eigenvalue weighted by atomic mass is 15.5. The summed E-state index contributed by atoms with van der Waals surface area (Å²) in [5.41, 5.74) is 8.61. The molecule has 12 heavy (non-hydrogen) atoms. The molecule has 0 amide bonds. The van der Waals surface area contributed by atoms with Gasteiger partial charge in [0.05, 0.1) is 6.67 Å². The van der Waals surface area contributed by atoms with Gasteiger partial charge in [0.1, 0.15) is 0 Å². The van der Waals surface area contributed by atoms with Gasteiger partial charge in [-0.3, -0.25) is 0 Å². The Bertz CT molecular complexity index is 146. The maximum atomic E-state index is 5.41. The number of rotatable bonds is 4. The SMILES string of the molecule is CN1C=CN(CCCCN)CN1. The third-order valence-corrected chi connectivity index (χ3v) is 1.92. The molecule has 1 aliphatic rings. The lowest BCUT2D eigenvalue weighted by molar-refractivity contribution is 0.200. The van der Waals surface area contributed by atoms with Gasteiger partial charge in [-0.1, -0.05) is 0 Å². The Morgan fingerprint density at radius 2 is 2.25 bits per heavy atom. The Labute approximate surface area is 74.0 Å². The average Bonchev–Trinajstić information content (AvgIpc) is 2.09. The summed E-state index contributed by atoms with van der Waals surface area (Å²) in [7, 11) is 1.99. The number of nitrogens with one attached hydrogen (secondary N) is 1. The van der Waals surface area contributed by atoms with Crippen LogP contribution in [0.25, 0.3) is 0 Å². The molecular formula is C8H18N4. The lowest BCUT2D eigenvalue weighted by Crippen LogP contribution is -2.42. The lowest BCUT2D eigenvalue weighted by Gasteiger charge is -2.29. The number of nitrogens with two attached hydrogens (primary N) is 1. The minimum Gasteiger partial charge on any atom is -0.362 e. The third-order valence-electron chi connectivity index (χ3n) is 1.92. The van der Waals surface area contributed by atoms with Crippen molar-refractivity contribution in [1.29, 1.82) is 0 Å². The summed E-state index contributed by atoms with van der Waals surface area (Å²) < 4.78 is 0. The topological polar surface area (TPSA) is 44.5 Å². The summed E-state index contributed by atoms with van der Waals surface area (Å²) in [5.74, 6) is 0. The van der Waals surface area contributed by atoms with Crippen molar-refractivity contribution >= 4 is 0 Å². The van der Waals surface area contributed by atoms with Crippen molar-refractivity contribution in [2.75, 3.05) is 26.8 Å². The highest BCUT2D eigenvalue weighted by molar-refractivity contribution is 4.83. The maximum absolute atomic E-state index is 5.41. The van der Waals surface area contributed by atoms with E-state index in [-0.39, 0.29) is 0 Å². The van der Waals surface area contributed by atoms with Crippen LogP contribution in [0.4, 0.5) is 0 Å². The zero-order valence-electron chi connectivity index (χ0n) is 7.66. The number of hydrogen-bond donors (Lipinski definition) is 2. The number of hydrogen-bond acceptors (Lipinski definition) is 4.